The quantitative estimate of drug-likeness (QED) is 0.757. The van der Waals surface area contributed by atoms with Crippen molar-refractivity contribution in [1.29, 1.82) is 0 Å². The number of carboxylic acids is 1. The standard InChI is InChI=1S/C16H21NO4/c1-12(2)8-14(9-15(18)19)10-17-16(20)21-11-13-6-4-3-5-7-13/h3-8,14H,9-11H2,1-2H3,(H,17,20)(H,18,19). The van der Waals surface area contributed by atoms with Crippen molar-refractivity contribution >= 4 is 12.1 Å². The molecule has 1 atom stereocenters. The number of carboxylic acid groups (broad SMARTS) is 1. The van der Waals surface area contributed by atoms with Gasteiger partial charge in [-0.2, -0.15) is 0 Å². The van der Waals surface area contributed by atoms with E-state index in [-0.39, 0.29) is 25.5 Å². The van der Waals surface area contributed by atoms with Gasteiger partial charge in [0.15, 0.2) is 0 Å². The van der Waals surface area contributed by atoms with E-state index in [9.17, 15) is 9.59 Å². The SMILES string of the molecule is CC(C)=CC(CNC(=O)OCc1ccccc1)CC(=O)O. The molecule has 5 heteroatoms. The third kappa shape index (κ3) is 7.77. The molecule has 0 aliphatic rings. The summed E-state index contributed by atoms with van der Waals surface area (Å²) in [5, 5.41) is 11.4. The second-order valence-electron chi connectivity index (χ2n) is 5.04. The van der Waals surface area contributed by atoms with Crippen LogP contribution in [0.2, 0.25) is 0 Å². The number of amides is 1. The van der Waals surface area contributed by atoms with Gasteiger partial charge in [0.2, 0.25) is 0 Å². The zero-order chi connectivity index (χ0) is 15.7. The average molecular weight is 291 g/mol. The van der Waals surface area contributed by atoms with Crippen LogP contribution in [0, 0.1) is 5.92 Å². The van der Waals surface area contributed by atoms with Gasteiger partial charge in [0.1, 0.15) is 6.61 Å². The van der Waals surface area contributed by atoms with Crippen LogP contribution in [-0.2, 0) is 16.1 Å². The van der Waals surface area contributed by atoms with Crippen LogP contribution >= 0.6 is 0 Å². The van der Waals surface area contributed by atoms with E-state index < -0.39 is 12.1 Å². The molecule has 1 aromatic carbocycles. The number of nitrogens with one attached hydrogen (secondary N) is 1. The van der Waals surface area contributed by atoms with Gasteiger partial charge in [-0.05, 0) is 19.4 Å². The van der Waals surface area contributed by atoms with Crippen LogP contribution in [-0.4, -0.2) is 23.7 Å². The van der Waals surface area contributed by atoms with Gasteiger partial charge in [-0.25, -0.2) is 4.79 Å². The van der Waals surface area contributed by atoms with Crippen molar-refractivity contribution in [3.63, 3.8) is 0 Å². The summed E-state index contributed by atoms with van der Waals surface area (Å²) in [4.78, 5) is 22.4. The Hall–Kier alpha value is -2.30. The van der Waals surface area contributed by atoms with E-state index in [1.807, 2.05) is 50.3 Å². The normalized spacial score (nSPS) is 11.3. The van der Waals surface area contributed by atoms with Crippen LogP contribution < -0.4 is 5.32 Å². The van der Waals surface area contributed by atoms with E-state index in [1.54, 1.807) is 0 Å². The monoisotopic (exact) mass is 291 g/mol. The number of benzene rings is 1. The van der Waals surface area contributed by atoms with E-state index in [2.05, 4.69) is 5.32 Å². The molecule has 0 fully saturated rings. The largest absolute Gasteiger partial charge is 0.481 e. The second-order valence-corrected chi connectivity index (χ2v) is 5.04. The number of carbonyl (C=O) groups is 2. The summed E-state index contributed by atoms with van der Waals surface area (Å²) < 4.78 is 5.07. The van der Waals surface area contributed by atoms with Gasteiger partial charge in [-0.15, -0.1) is 0 Å². The molecular weight excluding hydrogens is 270 g/mol. The number of ether oxygens (including phenoxy) is 1. The van der Waals surface area contributed by atoms with Gasteiger partial charge in [0.25, 0.3) is 0 Å². The zero-order valence-corrected chi connectivity index (χ0v) is 12.3. The molecule has 2 N–H and O–H groups in total. The first-order valence-electron chi connectivity index (χ1n) is 6.78. The van der Waals surface area contributed by atoms with E-state index in [1.165, 1.54) is 0 Å². The van der Waals surface area contributed by atoms with Gasteiger partial charge in [0.05, 0.1) is 6.42 Å². The molecule has 114 valence electrons. The molecule has 1 amide bonds. The predicted octanol–water partition coefficient (Wildman–Crippen LogP) is 2.97. The van der Waals surface area contributed by atoms with Gasteiger partial charge >= 0.3 is 12.1 Å². The Morgan fingerprint density at radius 3 is 2.52 bits per heavy atom. The molecule has 0 spiro atoms. The molecule has 0 bridgehead atoms. The third-order valence-corrected chi connectivity index (χ3v) is 2.73. The molecule has 0 saturated heterocycles. The first-order chi connectivity index (χ1) is 9.97. The molecule has 1 rings (SSSR count). The molecule has 0 aliphatic carbocycles. The first kappa shape index (κ1) is 16.8. The maximum atomic E-state index is 11.6. The Morgan fingerprint density at radius 1 is 1.29 bits per heavy atom. The number of allylic oxidation sites excluding steroid dienone is 1. The molecule has 0 aromatic heterocycles. The van der Waals surface area contributed by atoms with Crippen LogP contribution in [0.1, 0.15) is 25.8 Å². The minimum atomic E-state index is -0.892. The topological polar surface area (TPSA) is 75.6 Å². The summed E-state index contributed by atoms with van der Waals surface area (Å²) in [5.74, 6) is -1.13. The molecule has 1 aromatic rings. The maximum Gasteiger partial charge on any atom is 0.407 e. The predicted molar refractivity (Wildman–Crippen MR) is 79.8 cm³/mol. The van der Waals surface area contributed by atoms with Gasteiger partial charge in [0, 0.05) is 12.5 Å². The smallest absolute Gasteiger partial charge is 0.407 e. The van der Waals surface area contributed by atoms with Crippen LogP contribution in [0.4, 0.5) is 4.79 Å². The van der Waals surface area contributed by atoms with Crippen molar-refractivity contribution in [2.45, 2.75) is 26.9 Å². The van der Waals surface area contributed by atoms with Crippen LogP contribution in [0.25, 0.3) is 0 Å². The fourth-order valence-electron chi connectivity index (χ4n) is 1.87. The fraction of sp³-hybridized carbons (Fsp3) is 0.375. The third-order valence-electron chi connectivity index (χ3n) is 2.73. The maximum absolute atomic E-state index is 11.6. The van der Waals surface area contributed by atoms with Gasteiger partial charge < -0.3 is 15.2 Å². The van der Waals surface area contributed by atoms with Crippen molar-refractivity contribution in [3.05, 3.63) is 47.5 Å². The summed E-state index contributed by atoms with van der Waals surface area (Å²) in [6.45, 7) is 4.22. The molecule has 0 aliphatic heterocycles. The van der Waals surface area contributed by atoms with Gasteiger partial charge in [-0.1, -0.05) is 42.0 Å². The molecule has 0 heterocycles. The molecule has 0 saturated carbocycles. The Balaban J connectivity index is 2.39. The highest BCUT2D eigenvalue weighted by Crippen LogP contribution is 2.08. The lowest BCUT2D eigenvalue weighted by atomic mass is 10.0. The number of hydrogen-bond donors (Lipinski definition) is 2. The average Bonchev–Trinajstić information content (AvgIpc) is 2.42. The number of carbonyl (C=O) groups excluding carboxylic acids is 1. The highest BCUT2D eigenvalue weighted by Gasteiger charge is 2.12. The van der Waals surface area contributed by atoms with Crippen molar-refractivity contribution in [3.8, 4) is 0 Å². The molecule has 5 nitrogen and oxygen atoms in total. The minimum Gasteiger partial charge on any atom is -0.481 e. The van der Waals surface area contributed by atoms with Crippen LogP contribution in [0.15, 0.2) is 42.0 Å². The Labute approximate surface area is 124 Å². The summed E-state index contributed by atoms with van der Waals surface area (Å²) in [6.07, 6.45) is 1.27. The van der Waals surface area contributed by atoms with E-state index >= 15 is 0 Å². The van der Waals surface area contributed by atoms with Crippen molar-refractivity contribution in [2.75, 3.05) is 6.54 Å². The first-order valence-corrected chi connectivity index (χ1v) is 6.78. The van der Waals surface area contributed by atoms with Crippen molar-refractivity contribution in [2.24, 2.45) is 5.92 Å². The summed E-state index contributed by atoms with van der Waals surface area (Å²) >= 11 is 0. The molecule has 0 radical (unpaired) electrons. The summed E-state index contributed by atoms with van der Waals surface area (Å²) in [6, 6.07) is 9.36. The number of aliphatic carboxylic acids is 1. The van der Waals surface area contributed by atoms with Crippen molar-refractivity contribution in [1.82, 2.24) is 5.32 Å². The second kappa shape index (κ2) is 8.79. The Kier molecular flexibility index (Phi) is 7.01. The fourth-order valence-corrected chi connectivity index (χ4v) is 1.87. The lowest BCUT2D eigenvalue weighted by Gasteiger charge is -2.13. The van der Waals surface area contributed by atoms with E-state index in [0.29, 0.717) is 0 Å². The molecule has 21 heavy (non-hydrogen) atoms. The Morgan fingerprint density at radius 2 is 1.95 bits per heavy atom. The van der Waals surface area contributed by atoms with Crippen molar-refractivity contribution < 1.29 is 19.4 Å². The summed E-state index contributed by atoms with van der Waals surface area (Å²) in [7, 11) is 0. The van der Waals surface area contributed by atoms with E-state index in [4.69, 9.17) is 9.84 Å². The van der Waals surface area contributed by atoms with E-state index in [0.717, 1.165) is 11.1 Å². The highest BCUT2D eigenvalue weighted by molar-refractivity contribution is 5.69. The number of alkyl carbamates (subject to hydrolysis) is 1. The van der Waals surface area contributed by atoms with Crippen LogP contribution in [0.5, 0.6) is 0 Å². The lowest BCUT2D eigenvalue weighted by Crippen LogP contribution is -2.30. The van der Waals surface area contributed by atoms with Crippen LogP contribution in [0.3, 0.4) is 0 Å². The zero-order valence-electron chi connectivity index (χ0n) is 12.3. The number of rotatable bonds is 7. The minimum absolute atomic E-state index is 0.0237. The highest BCUT2D eigenvalue weighted by atomic mass is 16.5. The Bertz CT molecular complexity index is 492. The van der Waals surface area contributed by atoms with Gasteiger partial charge in [-0.3, -0.25) is 4.79 Å². The molecular formula is C16H21NO4. The number of hydrogen-bond acceptors (Lipinski definition) is 3. The lowest BCUT2D eigenvalue weighted by molar-refractivity contribution is -0.137. The summed E-state index contributed by atoms with van der Waals surface area (Å²) in [5.41, 5.74) is 1.92. The molecule has 1 unspecified atom stereocenters.